The molecule has 0 aromatic carbocycles. The fourth-order valence-electron chi connectivity index (χ4n) is 2.91. The molecule has 0 unspecified atom stereocenters. The van der Waals surface area contributed by atoms with Crippen molar-refractivity contribution in [1.29, 1.82) is 0 Å². The molecule has 1 atom stereocenters. The summed E-state index contributed by atoms with van der Waals surface area (Å²) in [5.74, 6) is -0.594. The zero-order chi connectivity index (χ0) is 23.0. The molecule has 0 saturated carbocycles. The summed E-state index contributed by atoms with van der Waals surface area (Å²) in [6, 6.07) is 4.14. The van der Waals surface area contributed by atoms with Gasteiger partial charge in [0.2, 0.25) is 5.95 Å². The third-order valence-corrected chi connectivity index (χ3v) is 7.18. The molecule has 3 heterocycles. The quantitative estimate of drug-likeness (QED) is 0.529. The largest absolute Gasteiger partial charge is 0.495 e. The van der Waals surface area contributed by atoms with Crippen LogP contribution in [0.1, 0.15) is 20.8 Å². The molecule has 0 spiro atoms. The number of alkyl halides is 1. The van der Waals surface area contributed by atoms with E-state index in [-0.39, 0.29) is 23.0 Å². The number of anilines is 1. The van der Waals surface area contributed by atoms with Crippen molar-refractivity contribution in [3.63, 3.8) is 0 Å². The number of aliphatic hydroxyl groups is 1. The number of aromatic nitrogens is 3. The van der Waals surface area contributed by atoms with Gasteiger partial charge < -0.3 is 15.2 Å². The number of nitrogens with zero attached hydrogens (tertiary/aromatic N) is 3. The van der Waals surface area contributed by atoms with Crippen LogP contribution in [0.25, 0.3) is 16.9 Å². The van der Waals surface area contributed by atoms with Gasteiger partial charge in [-0.25, -0.2) is 22.8 Å². The van der Waals surface area contributed by atoms with Gasteiger partial charge in [0.15, 0.2) is 9.84 Å². The van der Waals surface area contributed by atoms with Crippen molar-refractivity contribution in [3.05, 3.63) is 36.5 Å². The van der Waals surface area contributed by atoms with E-state index in [1.54, 1.807) is 20.8 Å². The highest BCUT2D eigenvalue weighted by molar-refractivity contribution is 7.92. The maximum atomic E-state index is 14.1. The molecular weight excluding hydrogens is 430 g/mol. The van der Waals surface area contributed by atoms with Gasteiger partial charge in [0.1, 0.15) is 28.3 Å². The third kappa shape index (κ3) is 4.47. The Morgan fingerprint density at radius 2 is 2.00 bits per heavy atom. The number of halogens is 2. The van der Waals surface area contributed by atoms with Gasteiger partial charge in [-0.1, -0.05) is 0 Å². The van der Waals surface area contributed by atoms with Gasteiger partial charge >= 0.3 is 0 Å². The minimum Gasteiger partial charge on any atom is -0.495 e. The predicted octanol–water partition coefficient (Wildman–Crippen LogP) is 2.86. The molecule has 0 saturated heterocycles. The third-order valence-electron chi connectivity index (χ3n) is 4.68. The van der Waals surface area contributed by atoms with Gasteiger partial charge in [-0.3, -0.25) is 4.40 Å². The lowest BCUT2D eigenvalue weighted by Crippen LogP contribution is -2.28. The molecule has 0 amide bonds. The first-order chi connectivity index (χ1) is 14.5. The minimum absolute atomic E-state index is 0.0228. The van der Waals surface area contributed by atoms with Gasteiger partial charge in [-0.2, -0.15) is 4.39 Å². The van der Waals surface area contributed by atoms with Gasteiger partial charge in [0.25, 0.3) is 0 Å². The Hall–Kier alpha value is -2.79. The molecule has 3 aromatic heterocycles. The topological polar surface area (TPSA) is 106 Å². The standard InChI is InChI=1S/C20H24F2N4O4S/c1-20(2,3)31(28,29)16-10-26-14(9-24-19(26)7-15(16)30-4)12-5-17(22)25-18(6-12)23-8-13(21)11-27/h5-7,9-10,13,27H,8,11H2,1-4H3,(H,23,25)/t13-/m0/s1. The van der Waals surface area contributed by atoms with E-state index < -0.39 is 33.3 Å². The first-order valence-electron chi connectivity index (χ1n) is 9.44. The summed E-state index contributed by atoms with van der Waals surface area (Å²) in [4.78, 5) is 7.92. The Kier molecular flexibility index (Phi) is 6.19. The second-order valence-corrected chi connectivity index (χ2v) is 10.6. The highest BCUT2D eigenvalue weighted by Gasteiger charge is 2.34. The first-order valence-corrected chi connectivity index (χ1v) is 10.9. The lowest BCUT2D eigenvalue weighted by Gasteiger charge is -2.21. The number of aliphatic hydroxyl groups excluding tert-OH is 1. The second-order valence-electron chi connectivity index (χ2n) is 7.92. The van der Waals surface area contributed by atoms with E-state index in [0.717, 1.165) is 6.07 Å². The number of ether oxygens (including phenoxy) is 1. The molecular formula is C20H24F2N4O4S. The Labute approximate surface area is 178 Å². The normalized spacial score (nSPS) is 13.4. The number of imidazole rings is 1. The number of nitrogens with one attached hydrogen (secondary N) is 1. The van der Waals surface area contributed by atoms with Crippen molar-refractivity contribution < 1.29 is 27.0 Å². The van der Waals surface area contributed by atoms with E-state index in [2.05, 4.69) is 15.3 Å². The number of hydrogen-bond donors (Lipinski definition) is 2. The molecule has 0 aliphatic carbocycles. The molecule has 168 valence electrons. The van der Waals surface area contributed by atoms with E-state index in [1.807, 2.05) is 0 Å². The lowest BCUT2D eigenvalue weighted by molar-refractivity contribution is 0.186. The Balaban J connectivity index is 2.15. The molecule has 31 heavy (non-hydrogen) atoms. The molecule has 2 N–H and O–H groups in total. The maximum Gasteiger partial charge on any atom is 0.215 e. The molecule has 3 aromatic rings. The molecule has 0 aliphatic rings. The number of sulfone groups is 1. The van der Waals surface area contributed by atoms with Crippen molar-refractivity contribution in [1.82, 2.24) is 14.4 Å². The first kappa shape index (κ1) is 22.9. The predicted molar refractivity (Wildman–Crippen MR) is 112 cm³/mol. The Bertz CT molecular complexity index is 1210. The molecule has 3 rings (SSSR count). The summed E-state index contributed by atoms with van der Waals surface area (Å²) in [6.07, 6.45) is 1.33. The van der Waals surface area contributed by atoms with Crippen LogP contribution in [0, 0.1) is 5.95 Å². The van der Waals surface area contributed by atoms with Crippen molar-refractivity contribution in [2.75, 3.05) is 25.6 Å². The summed E-state index contributed by atoms with van der Waals surface area (Å²) < 4.78 is 59.3. The number of methoxy groups -OCH3 is 1. The van der Waals surface area contributed by atoms with Gasteiger partial charge in [-0.15, -0.1) is 0 Å². The number of rotatable bonds is 7. The number of fused-ring (bicyclic) bond motifs is 1. The molecule has 8 nitrogen and oxygen atoms in total. The van der Waals surface area contributed by atoms with Gasteiger partial charge in [-0.05, 0) is 26.8 Å². The number of pyridine rings is 2. The monoisotopic (exact) mass is 454 g/mol. The summed E-state index contributed by atoms with van der Waals surface area (Å²) in [5, 5.41) is 11.4. The van der Waals surface area contributed by atoms with Gasteiger partial charge in [0.05, 0.1) is 30.4 Å². The van der Waals surface area contributed by atoms with Crippen molar-refractivity contribution in [2.45, 2.75) is 36.6 Å². The number of hydrogen-bond acceptors (Lipinski definition) is 7. The SMILES string of the molecule is COc1cc2ncc(-c3cc(F)nc(NC[C@H](F)CO)c3)n2cc1S(=O)(=O)C(C)(C)C. The highest BCUT2D eigenvalue weighted by Crippen LogP contribution is 2.34. The van der Waals surface area contributed by atoms with Gasteiger partial charge in [0, 0.05) is 30.4 Å². The molecule has 0 bridgehead atoms. The zero-order valence-corrected chi connectivity index (χ0v) is 18.4. The zero-order valence-electron chi connectivity index (χ0n) is 17.6. The maximum absolute atomic E-state index is 14.1. The lowest BCUT2D eigenvalue weighted by atomic mass is 10.2. The van der Waals surface area contributed by atoms with E-state index in [0.29, 0.717) is 16.9 Å². The fourth-order valence-corrected chi connectivity index (χ4v) is 4.22. The van der Waals surface area contributed by atoms with Crippen LogP contribution in [0.15, 0.2) is 35.5 Å². The van der Waals surface area contributed by atoms with Crippen LogP contribution in [0.4, 0.5) is 14.6 Å². The average Bonchev–Trinajstić information content (AvgIpc) is 3.12. The average molecular weight is 454 g/mol. The summed E-state index contributed by atoms with van der Waals surface area (Å²) in [6.45, 7) is 3.84. The van der Waals surface area contributed by atoms with Crippen LogP contribution >= 0.6 is 0 Å². The van der Waals surface area contributed by atoms with Crippen LogP contribution in [-0.2, 0) is 9.84 Å². The smallest absolute Gasteiger partial charge is 0.215 e. The van der Waals surface area contributed by atoms with E-state index in [9.17, 15) is 17.2 Å². The van der Waals surface area contributed by atoms with Crippen LogP contribution in [-0.4, -0.2) is 59.1 Å². The van der Waals surface area contributed by atoms with Crippen molar-refractivity contribution >= 4 is 21.3 Å². The van der Waals surface area contributed by atoms with Crippen molar-refractivity contribution in [3.8, 4) is 17.0 Å². The van der Waals surface area contributed by atoms with E-state index in [1.165, 1.54) is 36.0 Å². The molecule has 0 fully saturated rings. The van der Waals surface area contributed by atoms with Crippen LogP contribution in [0.3, 0.4) is 0 Å². The fraction of sp³-hybridized carbons (Fsp3) is 0.400. The summed E-state index contributed by atoms with van der Waals surface area (Å²) in [5.41, 5.74) is 1.16. The summed E-state index contributed by atoms with van der Waals surface area (Å²) >= 11 is 0. The van der Waals surface area contributed by atoms with Crippen LogP contribution in [0.5, 0.6) is 5.75 Å². The Morgan fingerprint density at radius 1 is 1.29 bits per heavy atom. The molecule has 0 aliphatic heterocycles. The summed E-state index contributed by atoms with van der Waals surface area (Å²) in [7, 11) is -2.39. The minimum atomic E-state index is -3.76. The molecule has 11 heteroatoms. The molecule has 0 radical (unpaired) electrons. The van der Waals surface area contributed by atoms with E-state index in [4.69, 9.17) is 9.84 Å². The van der Waals surface area contributed by atoms with Crippen LogP contribution in [0.2, 0.25) is 0 Å². The van der Waals surface area contributed by atoms with E-state index >= 15 is 0 Å². The highest BCUT2D eigenvalue weighted by atomic mass is 32.2. The van der Waals surface area contributed by atoms with Crippen molar-refractivity contribution in [2.24, 2.45) is 0 Å². The van der Waals surface area contributed by atoms with Crippen LogP contribution < -0.4 is 10.1 Å². The second kappa shape index (κ2) is 8.39. The Morgan fingerprint density at radius 3 is 2.61 bits per heavy atom.